The summed E-state index contributed by atoms with van der Waals surface area (Å²) in [6.07, 6.45) is 1.99. The van der Waals surface area contributed by atoms with E-state index in [-0.39, 0.29) is 5.91 Å². The molecule has 1 amide bonds. The highest BCUT2D eigenvalue weighted by Crippen LogP contribution is 2.23. The van der Waals surface area contributed by atoms with Gasteiger partial charge in [-0.3, -0.25) is 4.79 Å². The number of halogens is 1. The molecule has 0 aliphatic rings. The SMILES string of the molecule is CCCc1ccccc1NC(=O)c1cc(S)ccc1Br. The molecule has 0 bridgehead atoms. The molecular weight excluding hydrogens is 334 g/mol. The smallest absolute Gasteiger partial charge is 0.256 e. The molecule has 2 aromatic carbocycles. The number of anilines is 1. The van der Waals surface area contributed by atoms with E-state index >= 15 is 0 Å². The molecule has 0 spiro atoms. The number of amides is 1. The largest absolute Gasteiger partial charge is 0.322 e. The summed E-state index contributed by atoms with van der Waals surface area (Å²) in [5.41, 5.74) is 2.61. The summed E-state index contributed by atoms with van der Waals surface area (Å²) < 4.78 is 0.765. The highest BCUT2D eigenvalue weighted by Gasteiger charge is 2.12. The number of carbonyl (C=O) groups is 1. The summed E-state index contributed by atoms with van der Waals surface area (Å²) in [5.74, 6) is -0.128. The van der Waals surface area contributed by atoms with E-state index in [1.165, 1.54) is 0 Å². The van der Waals surface area contributed by atoms with Crippen molar-refractivity contribution in [2.45, 2.75) is 24.7 Å². The zero-order valence-electron chi connectivity index (χ0n) is 11.2. The van der Waals surface area contributed by atoms with Gasteiger partial charge in [0, 0.05) is 15.1 Å². The van der Waals surface area contributed by atoms with Gasteiger partial charge < -0.3 is 5.32 Å². The summed E-state index contributed by atoms with van der Waals surface area (Å²) in [6.45, 7) is 2.12. The number of benzene rings is 2. The minimum atomic E-state index is -0.128. The fourth-order valence-corrected chi connectivity index (χ4v) is 2.64. The van der Waals surface area contributed by atoms with Crippen LogP contribution in [0.1, 0.15) is 29.3 Å². The number of hydrogen-bond acceptors (Lipinski definition) is 2. The van der Waals surface area contributed by atoms with Crippen molar-refractivity contribution in [3.63, 3.8) is 0 Å². The van der Waals surface area contributed by atoms with Gasteiger partial charge in [-0.25, -0.2) is 0 Å². The second-order valence-electron chi connectivity index (χ2n) is 4.53. The Morgan fingerprint density at radius 1 is 1.25 bits per heavy atom. The quantitative estimate of drug-likeness (QED) is 0.751. The van der Waals surface area contributed by atoms with Gasteiger partial charge in [0.2, 0.25) is 0 Å². The van der Waals surface area contributed by atoms with Crippen molar-refractivity contribution in [2.75, 3.05) is 5.32 Å². The van der Waals surface area contributed by atoms with Gasteiger partial charge in [-0.05, 0) is 52.2 Å². The predicted molar refractivity (Wildman–Crippen MR) is 89.8 cm³/mol. The van der Waals surface area contributed by atoms with Crippen molar-refractivity contribution in [3.05, 3.63) is 58.1 Å². The molecule has 0 saturated heterocycles. The third kappa shape index (κ3) is 3.64. The topological polar surface area (TPSA) is 29.1 Å². The number of carbonyl (C=O) groups excluding carboxylic acids is 1. The Bertz CT molecular complexity index is 628. The fourth-order valence-electron chi connectivity index (χ4n) is 2.01. The standard InChI is InChI=1S/C16H16BrNOS/c1-2-5-11-6-3-4-7-15(11)18-16(19)13-10-12(20)8-9-14(13)17/h3-4,6-10,20H,2,5H2,1H3,(H,18,19). The fraction of sp³-hybridized carbons (Fsp3) is 0.188. The van der Waals surface area contributed by atoms with Crippen molar-refractivity contribution < 1.29 is 4.79 Å². The molecule has 2 aromatic rings. The molecule has 104 valence electrons. The van der Waals surface area contributed by atoms with E-state index in [2.05, 4.69) is 40.8 Å². The van der Waals surface area contributed by atoms with Gasteiger partial charge in [0.25, 0.3) is 5.91 Å². The number of nitrogens with one attached hydrogen (secondary N) is 1. The van der Waals surface area contributed by atoms with Crippen LogP contribution < -0.4 is 5.32 Å². The highest BCUT2D eigenvalue weighted by molar-refractivity contribution is 9.10. The van der Waals surface area contributed by atoms with Crippen LogP contribution in [0.3, 0.4) is 0 Å². The molecule has 2 nitrogen and oxygen atoms in total. The van der Waals surface area contributed by atoms with Crippen molar-refractivity contribution in [1.82, 2.24) is 0 Å². The summed E-state index contributed by atoms with van der Waals surface area (Å²) in [5, 5.41) is 2.98. The van der Waals surface area contributed by atoms with Crippen LogP contribution in [0.15, 0.2) is 51.8 Å². The first-order valence-corrected chi connectivity index (χ1v) is 7.73. The number of rotatable bonds is 4. The van der Waals surface area contributed by atoms with E-state index in [1.54, 1.807) is 6.07 Å². The molecule has 0 aliphatic heterocycles. The molecule has 0 radical (unpaired) electrons. The molecule has 1 N–H and O–H groups in total. The lowest BCUT2D eigenvalue weighted by Gasteiger charge is -2.11. The van der Waals surface area contributed by atoms with Crippen molar-refractivity contribution >= 4 is 40.2 Å². The molecule has 0 fully saturated rings. The van der Waals surface area contributed by atoms with Crippen LogP contribution in [-0.4, -0.2) is 5.91 Å². The zero-order valence-corrected chi connectivity index (χ0v) is 13.7. The molecule has 2 rings (SSSR count). The van der Waals surface area contributed by atoms with E-state index in [0.717, 1.165) is 33.5 Å². The molecule has 0 aromatic heterocycles. The Morgan fingerprint density at radius 2 is 2.00 bits per heavy atom. The normalized spacial score (nSPS) is 10.3. The maximum Gasteiger partial charge on any atom is 0.256 e. The Balaban J connectivity index is 2.26. The van der Waals surface area contributed by atoms with E-state index in [0.29, 0.717) is 5.56 Å². The van der Waals surface area contributed by atoms with Crippen LogP contribution >= 0.6 is 28.6 Å². The molecule has 20 heavy (non-hydrogen) atoms. The Kier molecular flexibility index (Phi) is 5.26. The Morgan fingerprint density at radius 3 is 2.75 bits per heavy atom. The highest BCUT2D eigenvalue weighted by atomic mass is 79.9. The third-order valence-corrected chi connectivity index (χ3v) is 3.95. The van der Waals surface area contributed by atoms with Gasteiger partial charge in [0.1, 0.15) is 0 Å². The van der Waals surface area contributed by atoms with Gasteiger partial charge in [0.15, 0.2) is 0 Å². The Labute approximate surface area is 133 Å². The maximum absolute atomic E-state index is 12.4. The lowest BCUT2D eigenvalue weighted by molar-refractivity contribution is 0.102. The van der Waals surface area contributed by atoms with Gasteiger partial charge in [0.05, 0.1) is 5.56 Å². The van der Waals surface area contributed by atoms with E-state index in [1.807, 2.05) is 36.4 Å². The van der Waals surface area contributed by atoms with Crippen LogP contribution in [-0.2, 0) is 6.42 Å². The number of hydrogen-bond donors (Lipinski definition) is 2. The summed E-state index contributed by atoms with van der Waals surface area (Å²) in [7, 11) is 0. The average Bonchev–Trinajstić information content (AvgIpc) is 2.44. The lowest BCUT2D eigenvalue weighted by Crippen LogP contribution is -2.14. The van der Waals surface area contributed by atoms with Gasteiger partial charge in [-0.15, -0.1) is 12.6 Å². The van der Waals surface area contributed by atoms with E-state index < -0.39 is 0 Å². The van der Waals surface area contributed by atoms with Crippen molar-refractivity contribution in [1.29, 1.82) is 0 Å². The summed E-state index contributed by atoms with van der Waals surface area (Å²) in [6, 6.07) is 13.3. The molecule has 4 heteroatoms. The van der Waals surface area contributed by atoms with E-state index in [9.17, 15) is 4.79 Å². The molecule has 0 aliphatic carbocycles. The summed E-state index contributed by atoms with van der Waals surface area (Å²) in [4.78, 5) is 13.1. The van der Waals surface area contributed by atoms with Gasteiger partial charge >= 0.3 is 0 Å². The predicted octanol–water partition coefficient (Wildman–Crippen LogP) is 4.94. The van der Waals surface area contributed by atoms with Crippen LogP contribution in [0.2, 0.25) is 0 Å². The first-order valence-electron chi connectivity index (χ1n) is 6.49. The molecular formula is C16H16BrNOS. The Hall–Kier alpha value is -1.26. The minimum absolute atomic E-state index is 0.128. The monoisotopic (exact) mass is 349 g/mol. The van der Waals surface area contributed by atoms with Crippen LogP contribution in [0, 0.1) is 0 Å². The number of para-hydroxylation sites is 1. The molecule has 0 heterocycles. The lowest BCUT2D eigenvalue weighted by atomic mass is 10.1. The second kappa shape index (κ2) is 6.95. The van der Waals surface area contributed by atoms with Crippen LogP contribution in [0.25, 0.3) is 0 Å². The minimum Gasteiger partial charge on any atom is -0.322 e. The maximum atomic E-state index is 12.4. The first kappa shape index (κ1) is 15.1. The summed E-state index contributed by atoms with van der Waals surface area (Å²) >= 11 is 7.67. The number of aryl methyl sites for hydroxylation is 1. The number of thiol groups is 1. The van der Waals surface area contributed by atoms with Crippen molar-refractivity contribution in [3.8, 4) is 0 Å². The third-order valence-electron chi connectivity index (χ3n) is 2.98. The first-order chi connectivity index (χ1) is 9.61. The average molecular weight is 350 g/mol. The molecule has 0 unspecified atom stereocenters. The molecule has 0 atom stereocenters. The van der Waals surface area contributed by atoms with Crippen LogP contribution in [0.4, 0.5) is 5.69 Å². The van der Waals surface area contributed by atoms with Gasteiger partial charge in [-0.1, -0.05) is 31.5 Å². The molecule has 0 saturated carbocycles. The second-order valence-corrected chi connectivity index (χ2v) is 5.90. The van der Waals surface area contributed by atoms with Crippen LogP contribution in [0.5, 0.6) is 0 Å². The zero-order chi connectivity index (χ0) is 14.5. The van der Waals surface area contributed by atoms with Crippen molar-refractivity contribution in [2.24, 2.45) is 0 Å². The van der Waals surface area contributed by atoms with Gasteiger partial charge in [-0.2, -0.15) is 0 Å². The van der Waals surface area contributed by atoms with E-state index in [4.69, 9.17) is 0 Å².